The molecular formula is C17H12F2O5. The van der Waals surface area contributed by atoms with E-state index in [9.17, 15) is 18.4 Å². The van der Waals surface area contributed by atoms with Gasteiger partial charge in [0.1, 0.15) is 18.2 Å². The van der Waals surface area contributed by atoms with Gasteiger partial charge in [0, 0.05) is 0 Å². The van der Waals surface area contributed by atoms with Crippen molar-refractivity contribution in [2.45, 2.75) is 6.10 Å². The fourth-order valence-corrected chi connectivity index (χ4v) is 2.15. The number of para-hydroxylation sites is 2. The van der Waals surface area contributed by atoms with Crippen molar-refractivity contribution in [3.8, 4) is 11.5 Å². The Morgan fingerprint density at radius 1 is 1.12 bits per heavy atom. The largest absolute Gasteiger partial charge is 0.485 e. The van der Waals surface area contributed by atoms with Crippen molar-refractivity contribution in [2.75, 3.05) is 13.2 Å². The molecule has 1 atom stereocenters. The highest BCUT2D eigenvalue weighted by molar-refractivity contribution is 5.98. The summed E-state index contributed by atoms with van der Waals surface area (Å²) in [6, 6.07) is 9.26. The van der Waals surface area contributed by atoms with Gasteiger partial charge in [0.25, 0.3) is 0 Å². The third kappa shape index (κ3) is 3.34. The second kappa shape index (κ2) is 6.66. The molecular weight excluding hydrogens is 322 g/mol. The van der Waals surface area contributed by atoms with E-state index < -0.39 is 41.7 Å². The van der Waals surface area contributed by atoms with Crippen LogP contribution in [0.4, 0.5) is 8.78 Å². The summed E-state index contributed by atoms with van der Waals surface area (Å²) in [6.45, 7) is -0.793. The van der Waals surface area contributed by atoms with E-state index in [0.29, 0.717) is 11.5 Å². The van der Waals surface area contributed by atoms with Crippen LogP contribution in [0.3, 0.4) is 0 Å². The van der Waals surface area contributed by atoms with Crippen LogP contribution in [0.15, 0.2) is 42.5 Å². The van der Waals surface area contributed by atoms with Gasteiger partial charge in [-0.3, -0.25) is 4.79 Å². The van der Waals surface area contributed by atoms with Crippen LogP contribution in [0.2, 0.25) is 0 Å². The summed E-state index contributed by atoms with van der Waals surface area (Å²) in [5.41, 5.74) is -0.478. The molecule has 2 aromatic rings. The fourth-order valence-electron chi connectivity index (χ4n) is 2.15. The van der Waals surface area contributed by atoms with Gasteiger partial charge in [-0.25, -0.2) is 13.6 Å². The van der Waals surface area contributed by atoms with Gasteiger partial charge >= 0.3 is 5.97 Å². The van der Waals surface area contributed by atoms with E-state index in [1.807, 2.05) is 0 Å². The smallest absolute Gasteiger partial charge is 0.351 e. The molecule has 0 fully saturated rings. The van der Waals surface area contributed by atoms with Gasteiger partial charge in [-0.05, 0) is 30.3 Å². The molecule has 124 valence electrons. The maximum Gasteiger partial charge on any atom is 0.351 e. The van der Waals surface area contributed by atoms with Crippen molar-refractivity contribution in [3.63, 3.8) is 0 Å². The Hall–Kier alpha value is -2.96. The lowest BCUT2D eigenvalue weighted by molar-refractivity contribution is -0.153. The van der Waals surface area contributed by atoms with Crippen LogP contribution in [-0.4, -0.2) is 31.1 Å². The van der Waals surface area contributed by atoms with E-state index in [-0.39, 0.29) is 6.61 Å². The number of hydrogen-bond acceptors (Lipinski definition) is 5. The SMILES string of the molecule is O=C(COC(=O)[C@@H]1COc2ccccc2O1)c1cc(F)ccc1F. The monoisotopic (exact) mass is 334 g/mol. The van der Waals surface area contributed by atoms with Gasteiger partial charge in [0.05, 0.1) is 5.56 Å². The predicted molar refractivity (Wildman–Crippen MR) is 78.0 cm³/mol. The highest BCUT2D eigenvalue weighted by Crippen LogP contribution is 2.31. The van der Waals surface area contributed by atoms with Crippen LogP contribution >= 0.6 is 0 Å². The fraction of sp³-hybridized carbons (Fsp3) is 0.176. The molecule has 0 amide bonds. The highest BCUT2D eigenvalue weighted by atomic mass is 19.1. The Morgan fingerprint density at radius 3 is 2.67 bits per heavy atom. The summed E-state index contributed by atoms with van der Waals surface area (Å²) in [7, 11) is 0. The van der Waals surface area contributed by atoms with E-state index in [0.717, 1.165) is 18.2 Å². The number of hydrogen-bond donors (Lipinski definition) is 0. The summed E-state index contributed by atoms with van der Waals surface area (Å²) < 4.78 is 42.2. The number of benzene rings is 2. The minimum absolute atomic E-state index is 0.0711. The molecule has 0 saturated heterocycles. The van der Waals surface area contributed by atoms with Crippen molar-refractivity contribution < 1.29 is 32.6 Å². The van der Waals surface area contributed by atoms with Crippen LogP contribution in [0.5, 0.6) is 11.5 Å². The molecule has 5 nitrogen and oxygen atoms in total. The van der Waals surface area contributed by atoms with E-state index >= 15 is 0 Å². The topological polar surface area (TPSA) is 61.8 Å². The van der Waals surface area contributed by atoms with E-state index in [1.54, 1.807) is 24.3 Å². The standard InChI is InChI=1S/C17H12F2O5/c18-10-5-6-12(19)11(7-10)13(20)8-23-17(21)16-9-22-14-3-1-2-4-15(14)24-16/h1-7,16H,8-9H2/t16-/m0/s1. The highest BCUT2D eigenvalue weighted by Gasteiger charge is 2.29. The third-order valence-corrected chi connectivity index (χ3v) is 3.35. The molecule has 0 saturated carbocycles. The Bertz CT molecular complexity index is 790. The maximum absolute atomic E-state index is 13.5. The lowest BCUT2D eigenvalue weighted by atomic mass is 10.1. The van der Waals surface area contributed by atoms with Crippen LogP contribution in [0, 0.1) is 11.6 Å². The first kappa shape index (κ1) is 15.9. The van der Waals surface area contributed by atoms with Crippen molar-refractivity contribution in [1.29, 1.82) is 0 Å². The number of rotatable bonds is 4. The van der Waals surface area contributed by atoms with Gasteiger partial charge in [0.2, 0.25) is 11.9 Å². The minimum Gasteiger partial charge on any atom is -0.485 e. The molecule has 24 heavy (non-hydrogen) atoms. The minimum atomic E-state index is -1.04. The molecule has 0 aliphatic carbocycles. The summed E-state index contributed by atoms with van der Waals surface area (Å²) in [5, 5.41) is 0. The number of Topliss-reactive ketones (excluding diaryl/α,β-unsaturated/α-hetero) is 1. The number of carbonyl (C=O) groups excluding carboxylic acids is 2. The Labute approximate surface area is 135 Å². The van der Waals surface area contributed by atoms with Crippen molar-refractivity contribution in [2.24, 2.45) is 0 Å². The molecule has 0 aromatic heterocycles. The Kier molecular flexibility index (Phi) is 4.41. The van der Waals surface area contributed by atoms with Crippen LogP contribution in [0.1, 0.15) is 10.4 Å². The Morgan fingerprint density at radius 2 is 1.88 bits per heavy atom. The molecule has 7 heteroatoms. The number of ether oxygens (including phenoxy) is 3. The lowest BCUT2D eigenvalue weighted by Gasteiger charge is -2.24. The average Bonchev–Trinajstić information content (AvgIpc) is 2.61. The molecule has 2 aromatic carbocycles. The first-order valence-corrected chi connectivity index (χ1v) is 7.08. The molecule has 0 N–H and O–H groups in total. The number of fused-ring (bicyclic) bond motifs is 1. The molecule has 1 aliphatic heterocycles. The molecule has 3 rings (SSSR count). The van der Waals surface area contributed by atoms with Gasteiger partial charge < -0.3 is 14.2 Å². The van der Waals surface area contributed by atoms with Gasteiger partial charge in [-0.1, -0.05) is 12.1 Å². The van der Waals surface area contributed by atoms with E-state index in [4.69, 9.17) is 14.2 Å². The molecule has 0 unspecified atom stereocenters. The third-order valence-electron chi connectivity index (χ3n) is 3.35. The zero-order valence-electron chi connectivity index (χ0n) is 12.3. The number of halogens is 2. The second-order valence-electron chi connectivity index (χ2n) is 5.02. The number of esters is 1. The normalized spacial score (nSPS) is 15.7. The van der Waals surface area contributed by atoms with Crippen molar-refractivity contribution in [3.05, 3.63) is 59.7 Å². The van der Waals surface area contributed by atoms with Gasteiger partial charge in [0.15, 0.2) is 18.1 Å². The molecule has 1 heterocycles. The Balaban J connectivity index is 1.60. The quantitative estimate of drug-likeness (QED) is 0.635. The number of carbonyl (C=O) groups is 2. The van der Waals surface area contributed by atoms with Crippen molar-refractivity contribution in [1.82, 2.24) is 0 Å². The zero-order chi connectivity index (χ0) is 17.1. The summed E-state index contributed by atoms with van der Waals surface area (Å²) in [6.07, 6.45) is -1.04. The van der Waals surface area contributed by atoms with Crippen LogP contribution in [0.25, 0.3) is 0 Å². The van der Waals surface area contributed by atoms with E-state index in [1.165, 1.54) is 0 Å². The summed E-state index contributed by atoms with van der Waals surface area (Å²) in [4.78, 5) is 23.8. The van der Waals surface area contributed by atoms with Gasteiger partial charge in [-0.2, -0.15) is 0 Å². The van der Waals surface area contributed by atoms with Crippen LogP contribution in [-0.2, 0) is 9.53 Å². The summed E-state index contributed by atoms with van der Waals surface area (Å²) in [5.74, 6) is -2.44. The lowest BCUT2D eigenvalue weighted by Crippen LogP contribution is -2.38. The van der Waals surface area contributed by atoms with Crippen molar-refractivity contribution >= 4 is 11.8 Å². The molecule has 0 radical (unpaired) electrons. The first-order valence-electron chi connectivity index (χ1n) is 7.08. The zero-order valence-corrected chi connectivity index (χ0v) is 12.3. The maximum atomic E-state index is 13.5. The molecule has 0 spiro atoms. The molecule has 1 aliphatic rings. The summed E-state index contributed by atoms with van der Waals surface area (Å²) >= 11 is 0. The van der Waals surface area contributed by atoms with E-state index in [2.05, 4.69) is 0 Å². The first-order chi connectivity index (χ1) is 11.5. The predicted octanol–water partition coefficient (Wildman–Crippen LogP) is 2.53. The van der Waals surface area contributed by atoms with Gasteiger partial charge in [-0.15, -0.1) is 0 Å². The number of ketones is 1. The second-order valence-corrected chi connectivity index (χ2v) is 5.02. The van der Waals surface area contributed by atoms with Crippen LogP contribution < -0.4 is 9.47 Å². The molecule has 0 bridgehead atoms. The average molecular weight is 334 g/mol.